The van der Waals surface area contributed by atoms with E-state index in [1.165, 1.54) is 6.08 Å². The van der Waals surface area contributed by atoms with Crippen molar-refractivity contribution in [2.45, 2.75) is 12.8 Å². The molecule has 1 aromatic rings. The molecule has 1 aromatic carbocycles. The molecule has 90 valence electrons. The van der Waals surface area contributed by atoms with E-state index in [0.29, 0.717) is 5.02 Å². The Bertz CT molecular complexity index is 426. The Morgan fingerprint density at radius 1 is 1.35 bits per heavy atom. The fourth-order valence-corrected chi connectivity index (χ4v) is 1.35. The van der Waals surface area contributed by atoms with Gasteiger partial charge in [0.05, 0.1) is 0 Å². The lowest BCUT2D eigenvalue weighted by atomic mass is 10.1. The molecule has 5 heteroatoms. The molecular formula is C12H12ClNO3. The van der Waals surface area contributed by atoms with E-state index in [1.807, 2.05) is 0 Å². The first-order chi connectivity index (χ1) is 8.08. The van der Waals surface area contributed by atoms with Gasteiger partial charge in [-0.25, -0.2) is 0 Å². The number of hydrogen-bond donors (Lipinski definition) is 0. The molecule has 0 saturated carbocycles. The average molecular weight is 254 g/mol. The molecule has 0 aromatic heterocycles. The third-order valence-corrected chi connectivity index (χ3v) is 2.35. The number of allylic oxidation sites excluding steroid dienone is 1. The lowest BCUT2D eigenvalue weighted by molar-refractivity contribution is -0.480. The summed E-state index contributed by atoms with van der Waals surface area (Å²) >= 11 is 5.72. The van der Waals surface area contributed by atoms with Gasteiger partial charge in [0.1, 0.15) is 0 Å². The molecule has 0 saturated heterocycles. The number of carbonyl (C=O) groups excluding carboxylic acids is 1. The van der Waals surface area contributed by atoms with E-state index in [1.54, 1.807) is 30.3 Å². The fourth-order valence-electron chi connectivity index (χ4n) is 1.23. The first kappa shape index (κ1) is 13.4. The fraction of sp³-hybridized carbons (Fsp3) is 0.250. The molecule has 0 heterocycles. The third-order valence-electron chi connectivity index (χ3n) is 2.10. The van der Waals surface area contributed by atoms with Crippen LogP contribution in [0.2, 0.25) is 5.02 Å². The van der Waals surface area contributed by atoms with E-state index < -0.39 is 4.92 Å². The second kappa shape index (κ2) is 6.81. The van der Waals surface area contributed by atoms with E-state index in [4.69, 9.17) is 11.6 Å². The van der Waals surface area contributed by atoms with Gasteiger partial charge in [-0.15, -0.1) is 0 Å². The maximum Gasteiger partial charge on any atom is 0.204 e. The highest BCUT2D eigenvalue weighted by molar-refractivity contribution is 6.30. The number of carbonyl (C=O) groups is 1. The molecule has 0 unspecified atom stereocenters. The minimum absolute atomic E-state index is 0.109. The van der Waals surface area contributed by atoms with Crippen LogP contribution in [0.15, 0.2) is 30.3 Å². The number of benzene rings is 1. The molecule has 0 fully saturated rings. The average Bonchev–Trinajstić information content (AvgIpc) is 2.28. The van der Waals surface area contributed by atoms with Crippen LogP contribution in [0.5, 0.6) is 0 Å². The highest BCUT2D eigenvalue weighted by Crippen LogP contribution is 2.10. The zero-order valence-corrected chi connectivity index (χ0v) is 9.89. The van der Waals surface area contributed by atoms with E-state index in [2.05, 4.69) is 0 Å². The molecule has 17 heavy (non-hydrogen) atoms. The smallest absolute Gasteiger partial charge is 0.204 e. The van der Waals surface area contributed by atoms with Gasteiger partial charge in [-0.05, 0) is 23.8 Å². The molecule has 0 spiro atoms. The second-order valence-corrected chi connectivity index (χ2v) is 3.95. The lowest BCUT2D eigenvalue weighted by Gasteiger charge is -1.94. The predicted octanol–water partition coefficient (Wildman–Crippen LogP) is 2.98. The first-order valence-corrected chi connectivity index (χ1v) is 5.54. The molecule has 0 atom stereocenters. The largest absolute Gasteiger partial charge is 0.295 e. The number of halogens is 1. The lowest BCUT2D eigenvalue weighted by Crippen LogP contribution is -2.03. The van der Waals surface area contributed by atoms with Gasteiger partial charge in [-0.1, -0.05) is 29.8 Å². The maximum absolute atomic E-state index is 11.3. The van der Waals surface area contributed by atoms with Crippen molar-refractivity contribution in [1.82, 2.24) is 0 Å². The summed E-state index contributed by atoms with van der Waals surface area (Å²) in [5.41, 5.74) is 0.872. The quantitative estimate of drug-likeness (QED) is 0.445. The van der Waals surface area contributed by atoms with Crippen LogP contribution < -0.4 is 0 Å². The van der Waals surface area contributed by atoms with Crippen LogP contribution in [-0.4, -0.2) is 17.3 Å². The van der Waals surface area contributed by atoms with Gasteiger partial charge in [-0.3, -0.25) is 14.9 Å². The zero-order chi connectivity index (χ0) is 12.7. The van der Waals surface area contributed by atoms with Crippen molar-refractivity contribution in [3.63, 3.8) is 0 Å². The predicted molar refractivity (Wildman–Crippen MR) is 66.6 cm³/mol. The van der Waals surface area contributed by atoms with Crippen LogP contribution in [-0.2, 0) is 4.79 Å². The molecule has 0 aliphatic rings. The van der Waals surface area contributed by atoms with Crippen molar-refractivity contribution in [3.05, 3.63) is 51.0 Å². The molecular weight excluding hydrogens is 242 g/mol. The number of ketones is 1. The number of nitro groups is 1. The van der Waals surface area contributed by atoms with Crippen LogP contribution in [0.3, 0.4) is 0 Å². The summed E-state index contributed by atoms with van der Waals surface area (Å²) < 4.78 is 0. The molecule has 0 N–H and O–H groups in total. The summed E-state index contributed by atoms with van der Waals surface area (Å²) in [5.74, 6) is -0.109. The Balaban J connectivity index is 2.40. The molecule has 1 rings (SSSR count). The zero-order valence-electron chi connectivity index (χ0n) is 9.14. The van der Waals surface area contributed by atoms with Gasteiger partial charge in [0.25, 0.3) is 0 Å². The Morgan fingerprint density at radius 2 is 2.00 bits per heavy atom. The van der Waals surface area contributed by atoms with Crippen LogP contribution in [0.4, 0.5) is 0 Å². The van der Waals surface area contributed by atoms with Crippen molar-refractivity contribution in [2.24, 2.45) is 0 Å². The van der Waals surface area contributed by atoms with Crippen LogP contribution in [0.1, 0.15) is 18.4 Å². The van der Waals surface area contributed by atoms with Crippen molar-refractivity contribution in [1.29, 1.82) is 0 Å². The van der Waals surface area contributed by atoms with Crippen LogP contribution >= 0.6 is 11.6 Å². The Kier molecular flexibility index (Phi) is 5.36. The molecule has 0 bridgehead atoms. The first-order valence-electron chi connectivity index (χ1n) is 5.16. The number of hydrogen-bond acceptors (Lipinski definition) is 3. The number of nitrogens with zero attached hydrogens (tertiary/aromatic N) is 1. The van der Waals surface area contributed by atoms with Crippen molar-refractivity contribution >= 4 is 23.5 Å². The van der Waals surface area contributed by atoms with Crippen molar-refractivity contribution in [2.75, 3.05) is 6.54 Å². The maximum atomic E-state index is 11.3. The SMILES string of the molecule is O=C(C=Cc1ccc(Cl)cc1)CCC[N+](=O)[O-]. The van der Waals surface area contributed by atoms with E-state index >= 15 is 0 Å². The normalized spacial score (nSPS) is 10.6. The molecule has 0 amide bonds. The van der Waals surface area contributed by atoms with E-state index in [9.17, 15) is 14.9 Å². The van der Waals surface area contributed by atoms with Crippen molar-refractivity contribution < 1.29 is 9.72 Å². The highest BCUT2D eigenvalue weighted by atomic mass is 35.5. The Labute approximate surface area is 104 Å². The van der Waals surface area contributed by atoms with Gasteiger partial charge in [0.15, 0.2) is 5.78 Å². The Morgan fingerprint density at radius 3 is 2.59 bits per heavy atom. The molecule has 4 nitrogen and oxygen atoms in total. The topological polar surface area (TPSA) is 60.2 Å². The number of rotatable bonds is 6. The van der Waals surface area contributed by atoms with E-state index in [0.717, 1.165) is 5.56 Å². The third kappa shape index (κ3) is 5.82. The summed E-state index contributed by atoms with van der Waals surface area (Å²) in [7, 11) is 0. The molecule has 0 radical (unpaired) electrons. The standard InChI is InChI=1S/C12H12ClNO3/c13-11-6-3-10(4-7-11)5-8-12(15)2-1-9-14(16)17/h3-8H,1-2,9H2. The monoisotopic (exact) mass is 253 g/mol. The van der Waals surface area contributed by atoms with Crippen LogP contribution in [0, 0.1) is 10.1 Å². The van der Waals surface area contributed by atoms with Gasteiger partial charge >= 0.3 is 0 Å². The summed E-state index contributed by atoms with van der Waals surface area (Å²) in [5, 5.41) is 10.7. The minimum atomic E-state index is -0.420. The Hall–Kier alpha value is -1.68. The van der Waals surface area contributed by atoms with Crippen molar-refractivity contribution in [3.8, 4) is 0 Å². The minimum Gasteiger partial charge on any atom is -0.295 e. The highest BCUT2D eigenvalue weighted by Gasteiger charge is 2.01. The van der Waals surface area contributed by atoms with Crippen LogP contribution in [0.25, 0.3) is 6.08 Å². The van der Waals surface area contributed by atoms with E-state index in [-0.39, 0.29) is 25.2 Å². The second-order valence-electron chi connectivity index (χ2n) is 3.51. The molecule has 0 aliphatic heterocycles. The van der Waals surface area contributed by atoms with Gasteiger partial charge in [-0.2, -0.15) is 0 Å². The van der Waals surface area contributed by atoms with Gasteiger partial charge in [0.2, 0.25) is 6.54 Å². The summed E-state index contributed by atoms with van der Waals surface area (Å²) in [6, 6.07) is 7.06. The van der Waals surface area contributed by atoms with Gasteiger partial charge in [0, 0.05) is 22.8 Å². The summed E-state index contributed by atoms with van der Waals surface area (Å²) in [4.78, 5) is 21.0. The summed E-state index contributed by atoms with van der Waals surface area (Å²) in [6.45, 7) is -0.166. The van der Waals surface area contributed by atoms with Gasteiger partial charge < -0.3 is 0 Å². The summed E-state index contributed by atoms with van der Waals surface area (Å²) in [6.07, 6.45) is 3.58. The molecule has 0 aliphatic carbocycles.